The van der Waals surface area contributed by atoms with E-state index in [1.54, 1.807) is 6.07 Å². The van der Waals surface area contributed by atoms with Gasteiger partial charge in [0.25, 0.3) is 5.89 Å². The minimum absolute atomic E-state index is 0.0369. The van der Waals surface area contributed by atoms with Gasteiger partial charge in [-0.3, -0.25) is 4.79 Å². The van der Waals surface area contributed by atoms with Crippen molar-refractivity contribution < 1.29 is 26.9 Å². The van der Waals surface area contributed by atoms with Crippen molar-refractivity contribution in [2.24, 2.45) is 10.8 Å². The van der Waals surface area contributed by atoms with E-state index in [1.165, 1.54) is 6.07 Å². The molecule has 0 N–H and O–H groups in total. The maximum absolute atomic E-state index is 14.6. The van der Waals surface area contributed by atoms with Gasteiger partial charge in [0.2, 0.25) is 5.91 Å². The Morgan fingerprint density at radius 1 is 1.11 bits per heavy atom. The summed E-state index contributed by atoms with van der Waals surface area (Å²) in [6.07, 6.45) is 7.38. The number of aromatic nitrogens is 2. The van der Waals surface area contributed by atoms with Gasteiger partial charge in [0.05, 0.1) is 5.41 Å². The molecule has 9 heteroatoms. The zero-order valence-corrected chi connectivity index (χ0v) is 21.0. The number of amides is 1. The highest BCUT2D eigenvalue weighted by atomic mass is 19.3. The summed E-state index contributed by atoms with van der Waals surface area (Å²) in [7, 11) is 0. The van der Waals surface area contributed by atoms with Crippen LogP contribution in [0.3, 0.4) is 0 Å². The highest BCUT2D eigenvalue weighted by Crippen LogP contribution is 2.70. The Morgan fingerprint density at radius 3 is 2.30 bits per heavy atom. The van der Waals surface area contributed by atoms with E-state index in [0.29, 0.717) is 23.6 Å². The van der Waals surface area contributed by atoms with Crippen molar-refractivity contribution in [1.82, 2.24) is 10.1 Å². The van der Waals surface area contributed by atoms with Gasteiger partial charge in [0, 0.05) is 24.6 Å². The van der Waals surface area contributed by atoms with Crippen LogP contribution in [0.1, 0.15) is 101 Å². The number of benzene rings is 1. The average Bonchev–Trinajstić information content (AvgIpc) is 3.54. The van der Waals surface area contributed by atoms with E-state index in [1.807, 2.05) is 11.0 Å². The van der Waals surface area contributed by atoms with Crippen molar-refractivity contribution in [3.05, 3.63) is 41.3 Å². The lowest BCUT2D eigenvalue weighted by Gasteiger charge is -2.65. The van der Waals surface area contributed by atoms with Crippen LogP contribution in [0.2, 0.25) is 0 Å². The van der Waals surface area contributed by atoms with Crippen LogP contribution in [0.25, 0.3) is 0 Å². The molecule has 0 saturated heterocycles. The molecule has 7 aliphatic carbocycles. The standard InChI is InChI=1S/C28H31F4N3O2/c1-24(30,31)22-33-21(34-37-22)26-9-6-25(7-10-26,8-11-26)16-35(23(36)27-13-28(32,14-27)15-27)18-4-5-20(29)19(12-18)17-2-3-17/h4-5,12,17H,2-3,6-11,13-16H2,1H3. The summed E-state index contributed by atoms with van der Waals surface area (Å²) in [6, 6.07) is 4.98. The third kappa shape index (κ3) is 3.58. The predicted octanol–water partition coefficient (Wildman–Crippen LogP) is 6.72. The monoisotopic (exact) mass is 517 g/mol. The molecule has 1 heterocycles. The van der Waals surface area contributed by atoms with Gasteiger partial charge < -0.3 is 9.42 Å². The van der Waals surface area contributed by atoms with Gasteiger partial charge in [-0.15, -0.1) is 0 Å². The molecule has 1 aromatic carbocycles. The van der Waals surface area contributed by atoms with E-state index in [-0.39, 0.29) is 47.7 Å². The molecule has 0 aliphatic heterocycles. The van der Waals surface area contributed by atoms with E-state index >= 15 is 0 Å². The fraction of sp³-hybridized carbons (Fsp3) is 0.679. The number of nitrogens with zero attached hydrogens (tertiary/aromatic N) is 3. The third-order valence-electron chi connectivity index (χ3n) is 10.1. The van der Waals surface area contributed by atoms with Crippen LogP contribution in [0, 0.1) is 16.6 Å². The Labute approximate surface area is 213 Å². The molecule has 0 unspecified atom stereocenters. The molecule has 7 aliphatic rings. The molecule has 4 bridgehead atoms. The van der Waals surface area contributed by atoms with Gasteiger partial charge in [0.1, 0.15) is 11.5 Å². The van der Waals surface area contributed by atoms with Crippen LogP contribution in [0.5, 0.6) is 0 Å². The Hall–Kier alpha value is -2.45. The van der Waals surface area contributed by atoms with Crippen molar-refractivity contribution in [1.29, 1.82) is 0 Å². The first-order chi connectivity index (χ1) is 17.4. The van der Waals surface area contributed by atoms with Crippen molar-refractivity contribution in [2.45, 2.75) is 100 Å². The van der Waals surface area contributed by atoms with Crippen molar-refractivity contribution >= 4 is 11.6 Å². The van der Waals surface area contributed by atoms with Gasteiger partial charge in [-0.25, -0.2) is 8.78 Å². The molecule has 9 rings (SSSR count). The quantitative estimate of drug-likeness (QED) is 0.383. The molecule has 0 spiro atoms. The molecule has 2 aromatic rings. The molecule has 198 valence electrons. The zero-order valence-electron chi connectivity index (χ0n) is 21.0. The minimum atomic E-state index is -3.18. The second kappa shape index (κ2) is 7.35. The summed E-state index contributed by atoms with van der Waals surface area (Å²) in [5.74, 6) is -3.53. The van der Waals surface area contributed by atoms with E-state index < -0.39 is 22.9 Å². The fourth-order valence-corrected chi connectivity index (χ4v) is 7.65. The normalized spacial score (nSPS) is 36.1. The summed E-state index contributed by atoms with van der Waals surface area (Å²) < 4.78 is 61.2. The molecule has 7 fully saturated rings. The highest BCUT2D eigenvalue weighted by Gasteiger charge is 2.73. The molecule has 1 aromatic heterocycles. The molecule has 0 atom stereocenters. The second-order valence-corrected chi connectivity index (χ2v) is 12.9. The van der Waals surface area contributed by atoms with Crippen LogP contribution in [-0.4, -0.2) is 28.3 Å². The lowest BCUT2D eigenvalue weighted by Crippen LogP contribution is -2.71. The van der Waals surface area contributed by atoms with Crippen LogP contribution in [0.15, 0.2) is 22.7 Å². The lowest BCUT2D eigenvalue weighted by molar-refractivity contribution is -0.211. The van der Waals surface area contributed by atoms with E-state index in [4.69, 9.17) is 4.52 Å². The topological polar surface area (TPSA) is 59.2 Å². The average molecular weight is 518 g/mol. The van der Waals surface area contributed by atoms with Crippen molar-refractivity contribution in [2.75, 3.05) is 11.4 Å². The SMILES string of the molecule is CC(F)(F)c1nc(C23CCC(CN(C(=O)C45CC(F)(C4)C5)c4ccc(F)c(C5CC5)c4)(CC2)CC3)no1. The summed E-state index contributed by atoms with van der Waals surface area (Å²) in [5.41, 5.74) is -0.958. The number of rotatable bonds is 7. The molecular formula is C28H31F4N3O2. The van der Waals surface area contributed by atoms with Crippen LogP contribution in [0.4, 0.5) is 23.2 Å². The van der Waals surface area contributed by atoms with Gasteiger partial charge in [-0.1, -0.05) is 5.16 Å². The van der Waals surface area contributed by atoms with Crippen molar-refractivity contribution in [3.8, 4) is 0 Å². The smallest absolute Gasteiger partial charge is 0.322 e. The second-order valence-electron chi connectivity index (χ2n) is 12.9. The number of carbonyl (C=O) groups is 1. The number of hydrogen-bond acceptors (Lipinski definition) is 4. The number of carbonyl (C=O) groups excluding carboxylic acids is 1. The number of alkyl halides is 3. The third-order valence-corrected chi connectivity index (χ3v) is 10.1. The summed E-state index contributed by atoms with van der Waals surface area (Å²) >= 11 is 0. The number of anilines is 1. The Bertz CT molecular complexity index is 1240. The summed E-state index contributed by atoms with van der Waals surface area (Å²) in [5, 5.41) is 3.93. The van der Waals surface area contributed by atoms with Crippen LogP contribution >= 0.6 is 0 Å². The fourth-order valence-electron chi connectivity index (χ4n) is 7.65. The van der Waals surface area contributed by atoms with Crippen molar-refractivity contribution in [3.63, 3.8) is 0 Å². The predicted molar refractivity (Wildman–Crippen MR) is 127 cm³/mol. The molecular weight excluding hydrogens is 486 g/mol. The number of fused-ring (bicyclic) bond motifs is 3. The van der Waals surface area contributed by atoms with Crippen LogP contribution in [-0.2, 0) is 16.1 Å². The first-order valence-corrected chi connectivity index (χ1v) is 13.5. The molecule has 1 amide bonds. The number of halogens is 4. The first-order valence-electron chi connectivity index (χ1n) is 13.5. The van der Waals surface area contributed by atoms with Gasteiger partial charge in [-0.05, 0) is 106 Å². The molecule has 0 radical (unpaired) electrons. The Balaban J connectivity index is 1.15. The van der Waals surface area contributed by atoms with Gasteiger partial charge >= 0.3 is 5.92 Å². The number of hydrogen-bond donors (Lipinski definition) is 0. The first kappa shape index (κ1) is 23.7. The van der Waals surface area contributed by atoms with Crippen LogP contribution < -0.4 is 4.90 Å². The Kier molecular flexibility index (Phi) is 4.70. The summed E-state index contributed by atoms with van der Waals surface area (Å²) in [6.45, 7) is 1.25. The lowest BCUT2D eigenvalue weighted by atomic mass is 9.41. The molecule has 37 heavy (non-hydrogen) atoms. The van der Waals surface area contributed by atoms with E-state index in [9.17, 15) is 22.4 Å². The van der Waals surface area contributed by atoms with E-state index in [0.717, 1.165) is 58.3 Å². The maximum Gasteiger partial charge on any atom is 0.322 e. The minimum Gasteiger partial charge on any atom is -0.333 e. The zero-order chi connectivity index (χ0) is 25.8. The largest absolute Gasteiger partial charge is 0.333 e. The van der Waals surface area contributed by atoms with Gasteiger partial charge in [0.15, 0.2) is 5.82 Å². The summed E-state index contributed by atoms with van der Waals surface area (Å²) in [4.78, 5) is 19.8. The highest BCUT2D eigenvalue weighted by molar-refractivity contribution is 6.00. The molecule has 7 saturated carbocycles. The van der Waals surface area contributed by atoms with Gasteiger partial charge in [-0.2, -0.15) is 13.8 Å². The van der Waals surface area contributed by atoms with E-state index in [2.05, 4.69) is 10.1 Å². The maximum atomic E-state index is 14.6. The molecule has 5 nitrogen and oxygen atoms in total. The Morgan fingerprint density at radius 2 is 1.76 bits per heavy atom.